The maximum atomic E-state index is 11.8. The standard InChI is InChI=1S/C13H11N3O4/c14-11(17)8-3-1-4-9(7-8)12(18)15-16-13(19)10-5-2-6-20-10/h1-7H,(H2,14,17)(H,15,18)(H,16,19). The molecule has 1 aromatic carbocycles. The lowest BCUT2D eigenvalue weighted by Crippen LogP contribution is -2.41. The number of carbonyl (C=O) groups excluding carboxylic acids is 3. The highest BCUT2D eigenvalue weighted by atomic mass is 16.3. The molecule has 0 bridgehead atoms. The van der Waals surface area contributed by atoms with E-state index in [1.165, 1.54) is 36.6 Å². The molecule has 0 fully saturated rings. The lowest BCUT2D eigenvalue weighted by atomic mass is 10.1. The predicted octanol–water partition coefficient (Wildman–Crippen LogP) is 0.453. The first-order valence-electron chi connectivity index (χ1n) is 5.62. The average Bonchev–Trinajstić information content (AvgIpc) is 2.98. The van der Waals surface area contributed by atoms with Gasteiger partial charge in [-0.05, 0) is 30.3 Å². The zero-order chi connectivity index (χ0) is 14.5. The number of hydrogen-bond donors (Lipinski definition) is 3. The summed E-state index contributed by atoms with van der Waals surface area (Å²) in [7, 11) is 0. The Kier molecular flexibility index (Phi) is 3.80. The van der Waals surface area contributed by atoms with Crippen LogP contribution >= 0.6 is 0 Å². The topological polar surface area (TPSA) is 114 Å². The molecule has 1 aromatic heterocycles. The van der Waals surface area contributed by atoms with Crippen LogP contribution in [0.2, 0.25) is 0 Å². The highest BCUT2D eigenvalue weighted by Gasteiger charge is 2.12. The fourth-order valence-electron chi connectivity index (χ4n) is 1.47. The van der Waals surface area contributed by atoms with E-state index in [1.807, 2.05) is 0 Å². The molecule has 0 atom stereocenters. The van der Waals surface area contributed by atoms with Crippen LogP contribution in [0.4, 0.5) is 0 Å². The van der Waals surface area contributed by atoms with Crippen molar-refractivity contribution in [1.82, 2.24) is 10.9 Å². The van der Waals surface area contributed by atoms with Gasteiger partial charge in [0.2, 0.25) is 5.91 Å². The average molecular weight is 273 g/mol. The van der Waals surface area contributed by atoms with Crippen molar-refractivity contribution in [3.8, 4) is 0 Å². The van der Waals surface area contributed by atoms with Crippen molar-refractivity contribution in [2.75, 3.05) is 0 Å². The molecule has 0 aliphatic heterocycles. The van der Waals surface area contributed by atoms with Crippen LogP contribution in [0.1, 0.15) is 31.3 Å². The first-order valence-corrected chi connectivity index (χ1v) is 5.62. The van der Waals surface area contributed by atoms with Crippen molar-refractivity contribution in [1.29, 1.82) is 0 Å². The summed E-state index contributed by atoms with van der Waals surface area (Å²) in [5.41, 5.74) is 9.90. The maximum absolute atomic E-state index is 11.8. The van der Waals surface area contributed by atoms with Crippen molar-refractivity contribution in [2.45, 2.75) is 0 Å². The number of furan rings is 1. The summed E-state index contributed by atoms with van der Waals surface area (Å²) >= 11 is 0. The fourth-order valence-corrected chi connectivity index (χ4v) is 1.47. The molecule has 0 aliphatic rings. The van der Waals surface area contributed by atoms with Crippen LogP contribution in [-0.2, 0) is 0 Å². The highest BCUT2D eigenvalue weighted by molar-refractivity contribution is 6.00. The lowest BCUT2D eigenvalue weighted by Gasteiger charge is -2.06. The van der Waals surface area contributed by atoms with Crippen LogP contribution in [0.15, 0.2) is 47.1 Å². The van der Waals surface area contributed by atoms with Crippen LogP contribution in [0.25, 0.3) is 0 Å². The quantitative estimate of drug-likeness (QED) is 0.704. The smallest absolute Gasteiger partial charge is 0.305 e. The number of hydrazine groups is 1. The Morgan fingerprint density at radius 3 is 2.30 bits per heavy atom. The summed E-state index contributed by atoms with van der Waals surface area (Å²) in [6.07, 6.45) is 1.34. The second kappa shape index (κ2) is 5.70. The Labute approximate surface area is 113 Å². The molecule has 0 radical (unpaired) electrons. The zero-order valence-corrected chi connectivity index (χ0v) is 10.3. The number of amides is 3. The summed E-state index contributed by atoms with van der Waals surface area (Å²) in [4.78, 5) is 34.3. The fraction of sp³-hybridized carbons (Fsp3) is 0. The van der Waals surface area contributed by atoms with Crippen molar-refractivity contribution in [2.24, 2.45) is 5.73 Å². The van der Waals surface area contributed by atoms with Crippen LogP contribution in [-0.4, -0.2) is 17.7 Å². The summed E-state index contributed by atoms with van der Waals surface area (Å²) < 4.78 is 4.86. The molecule has 7 heteroatoms. The van der Waals surface area contributed by atoms with Gasteiger partial charge in [0.15, 0.2) is 5.76 Å². The minimum Gasteiger partial charge on any atom is -0.459 e. The first-order chi connectivity index (χ1) is 9.58. The summed E-state index contributed by atoms with van der Waals surface area (Å²) in [6, 6.07) is 8.82. The molecule has 0 spiro atoms. The Morgan fingerprint density at radius 2 is 1.65 bits per heavy atom. The van der Waals surface area contributed by atoms with Gasteiger partial charge in [0, 0.05) is 11.1 Å². The second-order valence-electron chi connectivity index (χ2n) is 3.83. The van der Waals surface area contributed by atoms with Crippen LogP contribution in [0, 0.1) is 0 Å². The number of nitrogens with two attached hydrogens (primary N) is 1. The van der Waals surface area contributed by atoms with E-state index in [-0.39, 0.29) is 16.9 Å². The van der Waals surface area contributed by atoms with Crippen molar-refractivity contribution in [3.63, 3.8) is 0 Å². The zero-order valence-electron chi connectivity index (χ0n) is 10.3. The van der Waals surface area contributed by atoms with Crippen molar-refractivity contribution in [3.05, 3.63) is 59.5 Å². The molecule has 0 aliphatic carbocycles. The highest BCUT2D eigenvalue weighted by Crippen LogP contribution is 2.04. The van der Waals surface area contributed by atoms with Gasteiger partial charge < -0.3 is 10.2 Å². The Hall–Kier alpha value is -3.09. The minimum atomic E-state index is -0.640. The molecule has 20 heavy (non-hydrogen) atoms. The van der Waals surface area contributed by atoms with Gasteiger partial charge in [-0.25, -0.2) is 0 Å². The monoisotopic (exact) mass is 273 g/mol. The van der Waals surface area contributed by atoms with Gasteiger partial charge in [-0.2, -0.15) is 0 Å². The number of carbonyl (C=O) groups is 3. The Bertz CT molecular complexity index is 649. The van der Waals surface area contributed by atoms with E-state index in [0.29, 0.717) is 0 Å². The number of rotatable bonds is 3. The van der Waals surface area contributed by atoms with Gasteiger partial charge in [0.05, 0.1) is 6.26 Å². The molecule has 2 rings (SSSR count). The molecule has 2 aromatic rings. The summed E-state index contributed by atoms with van der Waals surface area (Å²) in [6.45, 7) is 0. The van der Waals surface area contributed by atoms with Crippen LogP contribution in [0.3, 0.4) is 0 Å². The van der Waals surface area contributed by atoms with Crippen molar-refractivity contribution >= 4 is 17.7 Å². The van der Waals surface area contributed by atoms with Gasteiger partial charge in [-0.3, -0.25) is 25.2 Å². The van der Waals surface area contributed by atoms with E-state index in [9.17, 15) is 14.4 Å². The van der Waals surface area contributed by atoms with Gasteiger partial charge in [-0.1, -0.05) is 6.07 Å². The number of nitrogens with one attached hydrogen (secondary N) is 2. The molecule has 0 unspecified atom stereocenters. The SMILES string of the molecule is NC(=O)c1cccc(C(=O)NNC(=O)c2ccco2)c1. The number of benzene rings is 1. The Balaban J connectivity index is 2.00. The van der Waals surface area contributed by atoms with E-state index in [2.05, 4.69) is 10.9 Å². The molecule has 1 heterocycles. The molecular formula is C13H11N3O4. The third-order valence-corrected chi connectivity index (χ3v) is 2.44. The molecule has 102 valence electrons. The van der Waals surface area contributed by atoms with Gasteiger partial charge in [0.1, 0.15) is 0 Å². The number of hydrogen-bond acceptors (Lipinski definition) is 4. The molecule has 3 amide bonds. The minimum absolute atomic E-state index is 0.0659. The van der Waals surface area contributed by atoms with E-state index in [1.54, 1.807) is 6.07 Å². The largest absolute Gasteiger partial charge is 0.459 e. The molecule has 7 nitrogen and oxygen atoms in total. The van der Waals surface area contributed by atoms with E-state index in [4.69, 9.17) is 10.2 Å². The lowest BCUT2D eigenvalue weighted by molar-refractivity contribution is 0.0830. The van der Waals surface area contributed by atoms with Crippen molar-refractivity contribution < 1.29 is 18.8 Å². The molecule has 4 N–H and O–H groups in total. The normalized spacial score (nSPS) is 9.80. The first kappa shape index (κ1) is 13.3. The molecule has 0 saturated carbocycles. The maximum Gasteiger partial charge on any atom is 0.305 e. The van der Waals surface area contributed by atoms with Gasteiger partial charge in [-0.15, -0.1) is 0 Å². The molecular weight excluding hydrogens is 262 g/mol. The molecule has 0 saturated heterocycles. The number of primary amides is 1. The third-order valence-electron chi connectivity index (χ3n) is 2.44. The second-order valence-corrected chi connectivity index (χ2v) is 3.83. The predicted molar refractivity (Wildman–Crippen MR) is 68.6 cm³/mol. The van der Waals surface area contributed by atoms with Gasteiger partial charge in [0.25, 0.3) is 5.91 Å². The van der Waals surface area contributed by atoms with E-state index < -0.39 is 17.7 Å². The summed E-state index contributed by atoms with van der Waals surface area (Å²) in [5.74, 6) is -1.74. The van der Waals surface area contributed by atoms with Gasteiger partial charge >= 0.3 is 5.91 Å². The third kappa shape index (κ3) is 3.02. The van der Waals surface area contributed by atoms with Crippen LogP contribution < -0.4 is 16.6 Å². The van der Waals surface area contributed by atoms with Crippen LogP contribution in [0.5, 0.6) is 0 Å². The summed E-state index contributed by atoms with van der Waals surface area (Å²) in [5, 5.41) is 0. The Morgan fingerprint density at radius 1 is 0.950 bits per heavy atom. The van der Waals surface area contributed by atoms with E-state index >= 15 is 0 Å². The van der Waals surface area contributed by atoms with E-state index in [0.717, 1.165) is 0 Å².